The third kappa shape index (κ3) is 6.73. The summed E-state index contributed by atoms with van der Waals surface area (Å²) in [6, 6.07) is 4.13. The van der Waals surface area contributed by atoms with Crippen molar-refractivity contribution in [2.24, 2.45) is 0 Å². The first-order valence-corrected chi connectivity index (χ1v) is 7.65. The number of anilines is 1. The first-order valence-electron chi connectivity index (χ1n) is 7.27. The van der Waals surface area contributed by atoms with Gasteiger partial charge in [-0.05, 0) is 45.7 Å². The Morgan fingerprint density at radius 3 is 2.35 bits per heavy atom. The zero-order valence-electron chi connectivity index (χ0n) is 13.5. The molecule has 7 nitrogen and oxygen atoms in total. The molecular weight excluding hydrogens is 322 g/mol. The number of carbonyl (C=O) groups excluding carboxylic acids is 1. The quantitative estimate of drug-likeness (QED) is 0.474. The Labute approximate surface area is 140 Å². The molecule has 0 bridgehead atoms. The van der Waals surface area contributed by atoms with E-state index in [-0.39, 0.29) is 23.1 Å². The van der Waals surface area contributed by atoms with Crippen LogP contribution in [0, 0.1) is 10.1 Å². The molecule has 2 N–H and O–H groups in total. The summed E-state index contributed by atoms with van der Waals surface area (Å²) in [6.45, 7) is 7.38. The lowest BCUT2D eigenvalue weighted by Crippen LogP contribution is -2.34. The van der Waals surface area contributed by atoms with Crippen LogP contribution in [0.2, 0.25) is 5.02 Å². The number of likely N-dealkylation sites (tertiary alicyclic amines) is 1. The normalized spacial score (nSPS) is 14.0. The third-order valence-electron chi connectivity index (χ3n) is 2.95. The van der Waals surface area contributed by atoms with E-state index >= 15 is 0 Å². The van der Waals surface area contributed by atoms with Crippen LogP contribution in [0.25, 0.3) is 0 Å². The van der Waals surface area contributed by atoms with E-state index in [4.69, 9.17) is 22.1 Å². The van der Waals surface area contributed by atoms with Crippen LogP contribution in [0.4, 0.5) is 16.2 Å². The van der Waals surface area contributed by atoms with Gasteiger partial charge in [-0.25, -0.2) is 4.79 Å². The van der Waals surface area contributed by atoms with E-state index in [1.54, 1.807) is 4.90 Å². The Hall–Kier alpha value is -2.02. The smallest absolute Gasteiger partial charge is 0.410 e. The molecule has 1 aromatic rings. The van der Waals surface area contributed by atoms with Gasteiger partial charge in [0.1, 0.15) is 11.3 Å². The summed E-state index contributed by atoms with van der Waals surface area (Å²) < 4.78 is 5.21. The number of benzene rings is 1. The number of nitro groups is 1. The molecule has 0 saturated carbocycles. The Morgan fingerprint density at radius 1 is 1.35 bits per heavy atom. The van der Waals surface area contributed by atoms with Gasteiger partial charge < -0.3 is 15.4 Å². The van der Waals surface area contributed by atoms with Crippen LogP contribution in [-0.4, -0.2) is 34.6 Å². The first kappa shape index (κ1) is 19.0. The van der Waals surface area contributed by atoms with Crippen molar-refractivity contribution in [2.45, 2.75) is 39.2 Å². The van der Waals surface area contributed by atoms with Gasteiger partial charge in [-0.15, -0.1) is 0 Å². The lowest BCUT2D eigenvalue weighted by molar-refractivity contribution is -0.383. The summed E-state index contributed by atoms with van der Waals surface area (Å²) >= 11 is 5.50. The van der Waals surface area contributed by atoms with Crippen molar-refractivity contribution < 1.29 is 14.5 Å². The highest BCUT2D eigenvalue weighted by molar-refractivity contribution is 6.30. The van der Waals surface area contributed by atoms with Gasteiger partial charge in [0.2, 0.25) is 0 Å². The average molecular weight is 344 g/mol. The molecule has 1 fully saturated rings. The first-order chi connectivity index (χ1) is 10.6. The van der Waals surface area contributed by atoms with Gasteiger partial charge in [0.15, 0.2) is 0 Å². The fourth-order valence-corrected chi connectivity index (χ4v) is 2.07. The minimum Gasteiger partial charge on any atom is -0.444 e. The molecular formula is C15H22ClN3O4. The van der Waals surface area contributed by atoms with E-state index in [0.29, 0.717) is 5.02 Å². The van der Waals surface area contributed by atoms with Gasteiger partial charge in [0.05, 0.1) is 4.92 Å². The number of nitrogen functional groups attached to an aromatic ring is 1. The molecule has 1 saturated heterocycles. The Kier molecular flexibility index (Phi) is 6.62. The zero-order valence-corrected chi connectivity index (χ0v) is 14.3. The van der Waals surface area contributed by atoms with Crippen LogP contribution in [-0.2, 0) is 4.74 Å². The van der Waals surface area contributed by atoms with E-state index in [1.165, 1.54) is 18.2 Å². The molecule has 0 radical (unpaired) electrons. The number of hydrogen-bond donors (Lipinski definition) is 1. The maximum absolute atomic E-state index is 11.4. The summed E-state index contributed by atoms with van der Waals surface area (Å²) in [5.74, 6) is 0. The van der Waals surface area contributed by atoms with Crippen LogP contribution in [0.5, 0.6) is 0 Å². The maximum Gasteiger partial charge on any atom is 0.410 e. The highest BCUT2D eigenvalue weighted by Gasteiger charge is 2.23. The maximum atomic E-state index is 11.4. The Morgan fingerprint density at radius 2 is 1.91 bits per heavy atom. The van der Waals surface area contributed by atoms with Crippen LogP contribution < -0.4 is 5.73 Å². The predicted octanol–water partition coefficient (Wildman–Crippen LogP) is 3.85. The number of ether oxygens (including phenoxy) is 1. The van der Waals surface area contributed by atoms with E-state index in [9.17, 15) is 14.9 Å². The largest absolute Gasteiger partial charge is 0.444 e. The lowest BCUT2D eigenvalue weighted by atomic mass is 10.2. The van der Waals surface area contributed by atoms with Crippen molar-refractivity contribution in [1.29, 1.82) is 0 Å². The van der Waals surface area contributed by atoms with Crippen LogP contribution >= 0.6 is 11.6 Å². The highest BCUT2D eigenvalue weighted by Crippen LogP contribution is 2.24. The third-order valence-corrected chi connectivity index (χ3v) is 3.18. The molecule has 23 heavy (non-hydrogen) atoms. The number of carbonyl (C=O) groups is 1. The molecule has 1 amide bonds. The second kappa shape index (κ2) is 8.01. The molecule has 0 aliphatic carbocycles. The molecule has 2 rings (SSSR count). The van der Waals surface area contributed by atoms with Crippen molar-refractivity contribution in [1.82, 2.24) is 4.90 Å². The van der Waals surface area contributed by atoms with Gasteiger partial charge in [-0.3, -0.25) is 10.1 Å². The SMILES string of the molecule is CC(C)(C)OC(=O)N1CCCC1.Nc1ccc(Cl)cc1[N+](=O)[O-]. The van der Waals surface area contributed by atoms with Crippen molar-refractivity contribution in [3.63, 3.8) is 0 Å². The number of hydrogen-bond acceptors (Lipinski definition) is 5. The number of nitrogens with two attached hydrogens (primary N) is 1. The minimum absolute atomic E-state index is 0.124. The van der Waals surface area contributed by atoms with E-state index in [0.717, 1.165) is 25.9 Å². The molecule has 0 aromatic heterocycles. The fourth-order valence-electron chi connectivity index (χ4n) is 1.90. The van der Waals surface area contributed by atoms with Crippen LogP contribution in [0.3, 0.4) is 0 Å². The standard InChI is InChI=1S/C9H17NO2.C6H5ClN2O2/c1-9(2,3)12-8(11)10-6-4-5-7-10;7-4-1-2-5(8)6(3-4)9(10)11/h4-7H2,1-3H3;1-3H,8H2. The van der Waals surface area contributed by atoms with Gasteiger partial charge in [0, 0.05) is 24.2 Å². The molecule has 1 aliphatic rings. The highest BCUT2D eigenvalue weighted by atomic mass is 35.5. The topological polar surface area (TPSA) is 98.7 Å². The Balaban J connectivity index is 0.000000231. The molecule has 1 aliphatic heterocycles. The van der Waals surface area contributed by atoms with E-state index in [2.05, 4.69) is 0 Å². The molecule has 1 aromatic carbocycles. The second-order valence-corrected chi connectivity index (χ2v) is 6.57. The molecule has 0 spiro atoms. The number of amides is 1. The summed E-state index contributed by atoms with van der Waals surface area (Å²) in [7, 11) is 0. The van der Waals surface area contributed by atoms with Crippen molar-refractivity contribution >= 4 is 29.1 Å². The molecule has 128 valence electrons. The van der Waals surface area contributed by atoms with Crippen molar-refractivity contribution in [3.05, 3.63) is 33.3 Å². The molecule has 8 heteroatoms. The van der Waals surface area contributed by atoms with Crippen molar-refractivity contribution in [2.75, 3.05) is 18.8 Å². The predicted molar refractivity (Wildman–Crippen MR) is 89.6 cm³/mol. The zero-order chi connectivity index (χ0) is 17.6. The summed E-state index contributed by atoms with van der Waals surface area (Å²) in [5.41, 5.74) is 4.90. The second-order valence-electron chi connectivity index (χ2n) is 6.13. The number of nitrogens with zero attached hydrogens (tertiary/aromatic N) is 2. The summed E-state index contributed by atoms with van der Waals surface area (Å²) in [4.78, 5) is 22.8. The van der Waals surface area contributed by atoms with Gasteiger partial charge in [-0.2, -0.15) is 0 Å². The van der Waals surface area contributed by atoms with Gasteiger partial charge in [-0.1, -0.05) is 11.6 Å². The minimum atomic E-state index is -0.568. The average Bonchev–Trinajstić information content (AvgIpc) is 2.94. The van der Waals surface area contributed by atoms with Gasteiger partial charge >= 0.3 is 6.09 Å². The van der Waals surface area contributed by atoms with Gasteiger partial charge in [0.25, 0.3) is 5.69 Å². The fraction of sp³-hybridized carbons (Fsp3) is 0.533. The Bertz CT molecular complexity index is 566. The summed E-state index contributed by atoms with van der Waals surface area (Å²) in [6.07, 6.45) is 2.05. The van der Waals surface area contributed by atoms with Crippen LogP contribution in [0.1, 0.15) is 33.6 Å². The number of halogens is 1. The van der Waals surface area contributed by atoms with E-state index in [1.807, 2.05) is 20.8 Å². The summed E-state index contributed by atoms with van der Waals surface area (Å²) in [5, 5.41) is 10.6. The molecule has 0 atom stereocenters. The number of nitro benzene ring substituents is 1. The van der Waals surface area contributed by atoms with Crippen LogP contribution in [0.15, 0.2) is 18.2 Å². The monoisotopic (exact) mass is 343 g/mol. The van der Waals surface area contributed by atoms with Crippen molar-refractivity contribution in [3.8, 4) is 0 Å². The van der Waals surface area contributed by atoms with E-state index < -0.39 is 4.92 Å². The number of rotatable bonds is 1. The molecule has 1 heterocycles. The molecule has 0 unspecified atom stereocenters. The lowest BCUT2D eigenvalue weighted by Gasteiger charge is -2.23.